The van der Waals surface area contributed by atoms with E-state index in [-0.39, 0.29) is 18.6 Å². The van der Waals surface area contributed by atoms with Gasteiger partial charge in [-0.15, -0.1) is 0 Å². The fraction of sp³-hybridized carbons (Fsp3) is 0.583. The number of aryl methyl sites for hydroxylation is 1. The van der Waals surface area contributed by atoms with Crippen molar-refractivity contribution in [1.29, 1.82) is 5.26 Å². The van der Waals surface area contributed by atoms with E-state index in [2.05, 4.69) is 15.3 Å². The molecule has 1 saturated carbocycles. The third-order valence-corrected chi connectivity index (χ3v) is 3.18. The molecule has 5 heteroatoms. The highest BCUT2D eigenvalue weighted by Gasteiger charge is 2.27. The summed E-state index contributed by atoms with van der Waals surface area (Å²) in [4.78, 5) is 8.38. The summed E-state index contributed by atoms with van der Waals surface area (Å²) < 4.78 is 0. The van der Waals surface area contributed by atoms with Crippen molar-refractivity contribution in [2.75, 3.05) is 11.9 Å². The van der Waals surface area contributed by atoms with E-state index in [0.29, 0.717) is 11.6 Å². The van der Waals surface area contributed by atoms with Crippen molar-refractivity contribution in [3.8, 4) is 6.07 Å². The van der Waals surface area contributed by atoms with E-state index in [4.69, 9.17) is 5.26 Å². The number of nitrogens with zero attached hydrogens (tertiary/aromatic N) is 3. The molecule has 2 rings (SSSR count). The first-order valence-corrected chi connectivity index (χ1v) is 5.86. The van der Waals surface area contributed by atoms with E-state index in [1.807, 2.05) is 13.0 Å². The molecule has 0 bridgehead atoms. The van der Waals surface area contributed by atoms with Crippen molar-refractivity contribution < 1.29 is 5.11 Å². The van der Waals surface area contributed by atoms with Crippen LogP contribution in [0.2, 0.25) is 0 Å². The molecule has 0 radical (unpaired) electrons. The summed E-state index contributed by atoms with van der Waals surface area (Å²) in [6, 6.07) is 3.89. The number of nitriles is 1. The predicted molar refractivity (Wildman–Crippen MR) is 63.3 cm³/mol. The molecule has 17 heavy (non-hydrogen) atoms. The van der Waals surface area contributed by atoms with E-state index >= 15 is 0 Å². The number of nitrogens with one attached hydrogen (secondary N) is 1. The highest BCUT2D eigenvalue weighted by molar-refractivity contribution is 5.34. The van der Waals surface area contributed by atoms with Crippen molar-refractivity contribution in [1.82, 2.24) is 9.97 Å². The SMILES string of the molecule is Cc1cc(C#N)nc(NC2CCCC2CO)n1. The number of rotatable bonds is 3. The van der Waals surface area contributed by atoms with Crippen LogP contribution >= 0.6 is 0 Å². The van der Waals surface area contributed by atoms with Crippen LogP contribution in [0.15, 0.2) is 6.07 Å². The molecule has 2 atom stereocenters. The van der Waals surface area contributed by atoms with E-state index < -0.39 is 0 Å². The maximum Gasteiger partial charge on any atom is 0.224 e. The zero-order valence-electron chi connectivity index (χ0n) is 9.85. The fourth-order valence-corrected chi connectivity index (χ4v) is 2.30. The molecule has 90 valence electrons. The van der Waals surface area contributed by atoms with E-state index in [0.717, 1.165) is 25.0 Å². The second-order valence-corrected chi connectivity index (χ2v) is 4.45. The average molecular weight is 232 g/mol. The van der Waals surface area contributed by atoms with Crippen LogP contribution < -0.4 is 5.32 Å². The third-order valence-electron chi connectivity index (χ3n) is 3.18. The van der Waals surface area contributed by atoms with Crippen molar-refractivity contribution >= 4 is 5.95 Å². The minimum Gasteiger partial charge on any atom is -0.396 e. The molecule has 1 aliphatic carbocycles. The number of aliphatic hydroxyl groups is 1. The first kappa shape index (κ1) is 11.8. The number of hydrogen-bond donors (Lipinski definition) is 2. The average Bonchev–Trinajstić information content (AvgIpc) is 2.75. The second kappa shape index (κ2) is 5.11. The normalized spacial score (nSPS) is 23.4. The van der Waals surface area contributed by atoms with Gasteiger partial charge in [0.2, 0.25) is 5.95 Å². The summed E-state index contributed by atoms with van der Waals surface area (Å²) in [5, 5.41) is 21.3. The lowest BCUT2D eigenvalue weighted by atomic mass is 10.1. The van der Waals surface area contributed by atoms with Crippen molar-refractivity contribution in [3.63, 3.8) is 0 Å². The van der Waals surface area contributed by atoms with Gasteiger partial charge in [0.05, 0.1) is 0 Å². The Kier molecular flexibility index (Phi) is 3.55. The van der Waals surface area contributed by atoms with Gasteiger partial charge in [0.1, 0.15) is 11.8 Å². The Morgan fingerprint density at radius 1 is 1.53 bits per heavy atom. The van der Waals surface area contributed by atoms with Crippen LogP contribution in [0.25, 0.3) is 0 Å². The summed E-state index contributed by atoms with van der Waals surface area (Å²) in [6.45, 7) is 2.03. The topological polar surface area (TPSA) is 81.8 Å². The van der Waals surface area contributed by atoms with Gasteiger partial charge in [-0.25, -0.2) is 9.97 Å². The maximum absolute atomic E-state index is 9.24. The van der Waals surface area contributed by atoms with Crippen LogP contribution in [0.3, 0.4) is 0 Å². The lowest BCUT2D eigenvalue weighted by Crippen LogP contribution is -2.27. The Balaban J connectivity index is 2.13. The summed E-state index contributed by atoms with van der Waals surface area (Å²) in [5.74, 6) is 0.761. The first-order valence-electron chi connectivity index (χ1n) is 5.86. The third kappa shape index (κ3) is 2.71. The van der Waals surface area contributed by atoms with Gasteiger partial charge in [-0.05, 0) is 25.8 Å². The van der Waals surface area contributed by atoms with Crippen LogP contribution in [0, 0.1) is 24.2 Å². The van der Waals surface area contributed by atoms with Gasteiger partial charge >= 0.3 is 0 Å². The van der Waals surface area contributed by atoms with Gasteiger partial charge in [0, 0.05) is 24.3 Å². The van der Waals surface area contributed by atoms with Crippen molar-refractivity contribution in [2.24, 2.45) is 5.92 Å². The van der Waals surface area contributed by atoms with Crippen molar-refractivity contribution in [2.45, 2.75) is 32.2 Å². The molecule has 2 unspecified atom stereocenters. The molecule has 0 spiro atoms. The molecule has 1 aromatic rings. The van der Waals surface area contributed by atoms with Crippen LogP contribution in [-0.2, 0) is 0 Å². The smallest absolute Gasteiger partial charge is 0.224 e. The molecule has 1 aliphatic rings. The molecule has 2 N–H and O–H groups in total. The molecular weight excluding hydrogens is 216 g/mol. The lowest BCUT2D eigenvalue weighted by molar-refractivity contribution is 0.222. The lowest BCUT2D eigenvalue weighted by Gasteiger charge is -2.19. The fourth-order valence-electron chi connectivity index (χ4n) is 2.30. The molecule has 1 fully saturated rings. The zero-order valence-corrected chi connectivity index (χ0v) is 9.85. The van der Waals surface area contributed by atoms with Crippen LogP contribution in [0.1, 0.15) is 30.7 Å². The second-order valence-electron chi connectivity index (χ2n) is 4.45. The highest BCUT2D eigenvalue weighted by atomic mass is 16.3. The molecule has 5 nitrogen and oxygen atoms in total. The van der Waals surface area contributed by atoms with Gasteiger partial charge in [-0.3, -0.25) is 0 Å². The summed E-state index contributed by atoms with van der Waals surface area (Å²) in [6.07, 6.45) is 3.16. The minimum absolute atomic E-state index is 0.189. The first-order chi connectivity index (χ1) is 8.22. The molecule has 1 heterocycles. The Hall–Kier alpha value is -1.67. The Labute approximate surface area is 101 Å². The number of hydrogen-bond acceptors (Lipinski definition) is 5. The molecular formula is C12H16N4O. The van der Waals surface area contributed by atoms with E-state index in [1.54, 1.807) is 6.07 Å². The van der Waals surface area contributed by atoms with Gasteiger partial charge in [0.15, 0.2) is 0 Å². The molecule has 0 aliphatic heterocycles. The number of anilines is 1. The summed E-state index contributed by atoms with van der Waals surface area (Å²) in [7, 11) is 0. The number of aromatic nitrogens is 2. The molecule has 0 amide bonds. The standard InChI is InChI=1S/C12H16N4O/c1-8-5-10(6-13)15-12(14-8)16-11-4-2-3-9(11)7-17/h5,9,11,17H,2-4,7H2,1H3,(H,14,15,16). The van der Waals surface area contributed by atoms with E-state index in [1.165, 1.54) is 0 Å². The highest BCUT2D eigenvalue weighted by Crippen LogP contribution is 2.27. The number of aliphatic hydroxyl groups excluding tert-OH is 1. The van der Waals surface area contributed by atoms with Crippen LogP contribution in [0.4, 0.5) is 5.95 Å². The monoisotopic (exact) mass is 232 g/mol. The van der Waals surface area contributed by atoms with Gasteiger partial charge < -0.3 is 10.4 Å². The van der Waals surface area contributed by atoms with E-state index in [9.17, 15) is 5.11 Å². The van der Waals surface area contributed by atoms with Crippen LogP contribution in [-0.4, -0.2) is 27.7 Å². The maximum atomic E-state index is 9.24. The Morgan fingerprint density at radius 2 is 2.35 bits per heavy atom. The largest absolute Gasteiger partial charge is 0.396 e. The van der Waals surface area contributed by atoms with Crippen molar-refractivity contribution in [3.05, 3.63) is 17.5 Å². The zero-order chi connectivity index (χ0) is 12.3. The molecule has 0 saturated heterocycles. The summed E-state index contributed by atoms with van der Waals surface area (Å²) in [5.41, 5.74) is 1.15. The van der Waals surface area contributed by atoms with Gasteiger partial charge in [0.25, 0.3) is 0 Å². The summed E-state index contributed by atoms with van der Waals surface area (Å²) >= 11 is 0. The van der Waals surface area contributed by atoms with Gasteiger partial charge in [-0.2, -0.15) is 5.26 Å². The van der Waals surface area contributed by atoms with Crippen LogP contribution in [0.5, 0.6) is 0 Å². The predicted octanol–water partition coefficient (Wildman–Crippen LogP) is 1.23. The Morgan fingerprint density at radius 3 is 3.06 bits per heavy atom. The molecule has 1 aromatic heterocycles. The molecule has 0 aromatic carbocycles. The quantitative estimate of drug-likeness (QED) is 0.819. The minimum atomic E-state index is 0.189. The Bertz CT molecular complexity index is 441. The van der Waals surface area contributed by atoms with Gasteiger partial charge in [-0.1, -0.05) is 6.42 Å².